The van der Waals surface area contributed by atoms with Gasteiger partial charge in [-0.2, -0.15) is 0 Å². The highest BCUT2D eigenvalue weighted by molar-refractivity contribution is 5.11. The third-order valence-corrected chi connectivity index (χ3v) is 13.6. The Morgan fingerprint density at radius 1 is 0.676 bits per heavy atom. The molecule has 1 aliphatic heterocycles. The fourth-order valence-electron chi connectivity index (χ4n) is 11.8. The van der Waals surface area contributed by atoms with Crippen LogP contribution < -0.4 is 0 Å². The Bertz CT molecular complexity index is 790. The van der Waals surface area contributed by atoms with Crippen molar-refractivity contribution >= 4 is 0 Å². The predicted molar refractivity (Wildman–Crippen MR) is 154 cm³/mol. The van der Waals surface area contributed by atoms with E-state index in [4.69, 9.17) is 4.74 Å². The zero-order valence-corrected chi connectivity index (χ0v) is 25.9. The molecule has 1 heterocycles. The molecule has 0 spiro atoms. The van der Waals surface area contributed by atoms with Gasteiger partial charge in [-0.15, -0.1) is 0 Å². The summed E-state index contributed by atoms with van der Waals surface area (Å²) in [5.41, 5.74) is 1.38. The van der Waals surface area contributed by atoms with Gasteiger partial charge in [-0.3, -0.25) is 0 Å². The van der Waals surface area contributed by atoms with E-state index in [0.717, 1.165) is 44.1 Å². The Morgan fingerprint density at radius 3 is 1.81 bits per heavy atom. The standard InChI is InChI=1S/C17H32O2.C17H30O/c1-5-17(19)11-7-13-15(2,3)9-6-10-16(13,4)14(17)8-12-18;1-5-17-11-7-13-15(2,3)9-6-10-16(13,4)14(17)8-12-18-17/h13-14,18-19H,5-12H2,1-4H3;13-14H,5-12H2,1-4H3/t2*13-,14-,16+,17+/m00/s1. The van der Waals surface area contributed by atoms with Crippen molar-refractivity contribution in [2.24, 2.45) is 45.3 Å². The van der Waals surface area contributed by atoms with E-state index in [1.54, 1.807) is 0 Å². The summed E-state index contributed by atoms with van der Waals surface area (Å²) in [6.07, 6.45) is 17.0. The van der Waals surface area contributed by atoms with Crippen LogP contribution in [0.5, 0.6) is 0 Å². The van der Waals surface area contributed by atoms with Crippen molar-refractivity contribution in [2.45, 2.75) is 156 Å². The fraction of sp³-hybridized carbons (Fsp3) is 1.00. The lowest BCUT2D eigenvalue weighted by atomic mass is 9.45. The average molecular weight is 519 g/mol. The van der Waals surface area contributed by atoms with E-state index in [2.05, 4.69) is 55.4 Å². The summed E-state index contributed by atoms with van der Waals surface area (Å²) >= 11 is 0. The molecule has 3 nitrogen and oxygen atoms in total. The van der Waals surface area contributed by atoms with Crippen LogP contribution in [-0.4, -0.2) is 34.6 Å². The molecule has 37 heavy (non-hydrogen) atoms. The highest BCUT2D eigenvalue weighted by atomic mass is 16.5. The van der Waals surface area contributed by atoms with E-state index in [-0.39, 0.29) is 23.5 Å². The Hall–Kier alpha value is -0.120. The molecule has 1 saturated heterocycles. The summed E-state index contributed by atoms with van der Waals surface area (Å²) in [5, 5.41) is 20.5. The largest absolute Gasteiger partial charge is 0.396 e. The first-order valence-electron chi connectivity index (χ1n) is 16.2. The predicted octanol–water partition coefficient (Wildman–Crippen LogP) is 8.55. The second kappa shape index (κ2) is 10.4. The first kappa shape index (κ1) is 29.9. The Balaban J connectivity index is 0.000000173. The third kappa shape index (κ3) is 4.88. The van der Waals surface area contributed by atoms with Crippen molar-refractivity contribution in [2.75, 3.05) is 13.2 Å². The van der Waals surface area contributed by atoms with Crippen molar-refractivity contribution < 1.29 is 14.9 Å². The minimum absolute atomic E-state index is 0.202. The van der Waals surface area contributed by atoms with Crippen LogP contribution in [0, 0.1) is 45.3 Å². The summed E-state index contributed by atoms with van der Waals surface area (Å²) in [6.45, 7) is 20.5. The maximum absolute atomic E-state index is 11.0. The maximum Gasteiger partial charge on any atom is 0.0714 e. The van der Waals surface area contributed by atoms with Gasteiger partial charge in [-0.05, 0) is 122 Å². The molecule has 5 fully saturated rings. The van der Waals surface area contributed by atoms with Crippen LogP contribution in [0.4, 0.5) is 0 Å². The second-order valence-corrected chi connectivity index (χ2v) is 16.0. The topological polar surface area (TPSA) is 49.7 Å². The Morgan fingerprint density at radius 2 is 1.24 bits per heavy atom. The van der Waals surface area contributed by atoms with Gasteiger partial charge in [0.05, 0.1) is 11.2 Å². The summed E-state index contributed by atoms with van der Waals surface area (Å²) in [6, 6.07) is 0. The number of hydrogen-bond acceptors (Lipinski definition) is 3. The molecule has 216 valence electrons. The molecule has 0 radical (unpaired) electrons. The minimum atomic E-state index is -0.554. The van der Waals surface area contributed by atoms with Gasteiger partial charge >= 0.3 is 0 Å². The lowest BCUT2D eigenvalue weighted by Crippen LogP contribution is -2.58. The second-order valence-electron chi connectivity index (χ2n) is 16.0. The molecular weight excluding hydrogens is 456 g/mol. The van der Waals surface area contributed by atoms with Gasteiger partial charge in [0, 0.05) is 13.2 Å². The fourth-order valence-corrected chi connectivity index (χ4v) is 11.8. The van der Waals surface area contributed by atoms with Crippen molar-refractivity contribution in [3.63, 3.8) is 0 Å². The molecule has 5 rings (SSSR count). The van der Waals surface area contributed by atoms with Crippen LogP contribution in [0.15, 0.2) is 0 Å². The number of aliphatic hydroxyl groups is 2. The summed E-state index contributed by atoms with van der Waals surface area (Å²) in [5.74, 6) is 2.70. The van der Waals surface area contributed by atoms with Crippen molar-refractivity contribution in [1.29, 1.82) is 0 Å². The van der Waals surface area contributed by atoms with E-state index < -0.39 is 5.60 Å². The Kier molecular flexibility index (Phi) is 8.37. The normalized spacial score (nSPS) is 48.2. The van der Waals surface area contributed by atoms with Crippen LogP contribution in [0.1, 0.15) is 145 Å². The lowest BCUT2D eigenvalue weighted by Gasteiger charge is -2.61. The number of aliphatic hydroxyl groups excluding tert-OH is 1. The maximum atomic E-state index is 11.0. The first-order chi connectivity index (χ1) is 17.2. The summed E-state index contributed by atoms with van der Waals surface area (Å²) < 4.78 is 6.28. The molecule has 5 aliphatic rings. The van der Waals surface area contributed by atoms with Gasteiger partial charge in [-0.25, -0.2) is 0 Å². The van der Waals surface area contributed by atoms with E-state index in [1.165, 1.54) is 64.2 Å². The molecule has 4 saturated carbocycles. The molecule has 0 bridgehead atoms. The molecule has 3 heteroatoms. The molecule has 4 aliphatic carbocycles. The van der Waals surface area contributed by atoms with Gasteiger partial charge in [-0.1, -0.05) is 68.2 Å². The molecule has 0 unspecified atom stereocenters. The monoisotopic (exact) mass is 518 g/mol. The molecule has 0 aromatic carbocycles. The third-order valence-electron chi connectivity index (χ3n) is 13.6. The van der Waals surface area contributed by atoms with E-state index >= 15 is 0 Å². The van der Waals surface area contributed by atoms with E-state index in [1.807, 2.05) is 0 Å². The average Bonchev–Trinajstić information content (AvgIpc) is 3.27. The molecule has 0 aromatic rings. The van der Waals surface area contributed by atoms with Crippen molar-refractivity contribution in [3.8, 4) is 0 Å². The molecular formula is C34H62O3. The van der Waals surface area contributed by atoms with E-state index in [9.17, 15) is 10.2 Å². The molecule has 2 N–H and O–H groups in total. The smallest absolute Gasteiger partial charge is 0.0714 e. The van der Waals surface area contributed by atoms with Crippen LogP contribution in [-0.2, 0) is 4.74 Å². The van der Waals surface area contributed by atoms with Gasteiger partial charge in [0.15, 0.2) is 0 Å². The highest BCUT2D eigenvalue weighted by Gasteiger charge is 2.61. The number of rotatable bonds is 4. The van der Waals surface area contributed by atoms with Gasteiger partial charge < -0.3 is 14.9 Å². The van der Waals surface area contributed by atoms with E-state index in [0.29, 0.717) is 22.2 Å². The van der Waals surface area contributed by atoms with Gasteiger partial charge in [0.25, 0.3) is 0 Å². The molecule has 0 amide bonds. The zero-order valence-electron chi connectivity index (χ0n) is 25.9. The van der Waals surface area contributed by atoms with Crippen molar-refractivity contribution in [1.82, 2.24) is 0 Å². The molecule has 8 atom stereocenters. The number of ether oxygens (including phenoxy) is 1. The summed E-state index contributed by atoms with van der Waals surface area (Å²) in [7, 11) is 0. The minimum Gasteiger partial charge on any atom is -0.396 e. The van der Waals surface area contributed by atoms with Crippen LogP contribution >= 0.6 is 0 Å². The highest BCUT2D eigenvalue weighted by Crippen LogP contribution is 2.66. The van der Waals surface area contributed by atoms with Crippen LogP contribution in [0.2, 0.25) is 0 Å². The van der Waals surface area contributed by atoms with Gasteiger partial charge in [0.1, 0.15) is 0 Å². The Labute approximate surface area is 229 Å². The summed E-state index contributed by atoms with van der Waals surface area (Å²) in [4.78, 5) is 0. The van der Waals surface area contributed by atoms with Crippen molar-refractivity contribution in [3.05, 3.63) is 0 Å². The lowest BCUT2D eigenvalue weighted by molar-refractivity contribution is -0.180. The zero-order chi connectivity index (χ0) is 27.3. The SMILES string of the molecule is CC[C@@]1(O)CC[C@H]2C(C)(C)CCC[C@@]2(C)[C@@H]1CCO.CC[C@@]12CC[C@H]3C(C)(C)CCC[C@@]3(C)[C@@H]1CCO2. The number of fused-ring (bicyclic) bond motifs is 4. The van der Waals surface area contributed by atoms with Crippen LogP contribution in [0.3, 0.4) is 0 Å². The number of hydrogen-bond donors (Lipinski definition) is 2. The van der Waals surface area contributed by atoms with Gasteiger partial charge in [0.2, 0.25) is 0 Å². The first-order valence-corrected chi connectivity index (χ1v) is 16.2. The molecule has 0 aromatic heterocycles. The quantitative estimate of drug-likeness (QED) is 0.392. The van der Waals surface area contributed by atoms with Crippen LogP contribution in [0.25, 0.3) is 0 Å².